The summed E-state index contributed by atoms with van der Waals surface area (Å²) in [6, 6.07) is 0. The van der Waals surface area contributed by atoms with Crippen molar-refractivity contribution in [1.82, 2.24) is 4.90 Å². The quantitative estimate of drug-likeness (QED) is 0.529. The normalized spacial score (nSPS) is 50.4. The molecule has 0 N–H and O–H groups in total. The third-order valence-electron chi connectivity index (χ3n) is 3.85. The zero-order valence-corrected chi connectivity index (χ0v) is 7.55. The molecule has 4 fully saturated rings. The van der Waals surface area contributed by atoms with Gasteiger partial charge >= 0.3 is 0 Å². The highest BCUT2D eigenvalue weighted by molar-refractivity contribution is 5.81. The third-order valence-corrected chi connectivity index (χ3v) is 3.85. The first-order valence-corrected chi connectivity index (χ1v) is 4.95. The average molecular weight is 165 g/mol. The molecule has 3 unspecified atom stereocenters. The van der Waals surface area contributed by atoms with Crippen LogP contribution in [0.2, 0.25) is 0 Å². The Hall–Kier alpha value is -0.530. The average Bonchev–Trinajstić information content (AvgIpc) is 1.96. The van der Waals surface area contributed by atoms with Gasteiger partial charge in [0.1, 0.15) is 0 Å². The number of hydrogen-bond donors (Lipinski definition) is 0. The number of piperidine rings is 3. The monoisotopic (exact) mass is 165 g/mol. The summed E-state index contributed by atoms with van der Waals surface area (Å²) >= 11 is 0. The van der Waals surface area contributed by atoms with Crippen LogP contribution in [0.1, 0.15) is 26.2 Å². The first kappa shape index (κ1) is 6.93. The smallest absolute Gasteiger partial charge is 0.225 e. The second-order valence-corrected chi connectivity index (χ2v) is 5.24. The highest BCUT2D eigenvalue weighted by Crippen LogP contribution is 2.50. The van der Waals surface area contributed by atoms with E-state index in [0.29, 0.717) is 17.2 Å². The second kappa shape index (κ2) is 1.86. The molecule has 0 aromatic rings. The van der Waals surface area contributed by atoms with Crippen LogP contribution in [0.5, 0.6) is 0 Å². The van der Waals surface area contributed by atoms with Crippen LogP contribution < -0.4 is 0 Å². The van der Waals surface area contributed by atoms with Crippen LogP contribution in [-0.2, 0) is 4.79 Å². The molecule has 3 heterocycles. The van der Waals surface area contributed by atoms with Gasteiger partial charge in [0, 0.05) is 19.0 Å². The summed E-state index contributed by atoms with van der Waals surface area (Å²) in [4.78, 5) is 13.7. The van der Waals surface area contributed by atoms with Crippen LogP contribution in [0.3, 0.4) is 0 Å². The molecule has 3 saturated heterocycles. The van der Waals surface area contributed by atoms with Crippen molar-refractivity contribution < 1.29 is 4.79 Å². The summed E-state index contributed by atoms with van der Waals surface area (Å²) in [5, 5.41) is 0. The Kier molecular flexibility index (Phi) is 1.07. The van der Waals surface area contributed by atoms with E-state index in [1.165, 1.54) is 19.3 Å². The van der Waals surface area contributed by atoms with E-state index in [9.17, 15) is 4.79 Å². The molecule has 1 amide bonds. The van der Waals surface area contributed by atoms with Gasteiger partial charge in [0.15, 0.2) is 0 Å². The van der Waals surface area contributed by atoms with Gasteiger partial charge in [-0.2, -0.15) is 0 Å². The molecule has 3 aliphatic heterocycles. The van der Waals surface area contributed by atoms with Crippen LogP contribution >= 0.6 is 0 Å². The lowest BCUT2D eigenvalue weighted by molar-refractivity contribution is -0.160. The summed E-state index contributed by atoms with van der Waals surface area (Å²) < 4.78 is 0. The molecule has 0 aromatic carbocycles. The molecular formula is C10H15NO. The fourth-order valence-corrected chi connectivity index (χ4v) is 3.66. The summed E-state index contributed by atoms with van der Waals surface area (Å²) in [6.07, 6.45) is 3.72. The van der Waals surface area contributed by atoms with Gasteiger partial charge in [-0.15, -0.1) is 0 Å². The van der Waals surface area contributed by atoms with E-state index >= 15 is 0 Å². The van der Waals surface area contributed by atoms with Gasteiger partial charge in [-0.25, -0.2) is 0 Å². The van der Waals surface area contributed by atoms with Crippen molar-refractivity contribution in [1.29, 1.82) is 0 Å². The Morgan fingerprint density at radius 3 is 3.00 bits per heavy atom. The van der Waals surface area contributed by atoms with Crippen LogP contribution in [0.25, 0.3) is 0 Å². The number of carbonyl (C=O) groups is 1. The van der Waals surface area contributed by atoms with Gasteiger partial charge in [0.05, 0.1) is 0 Å². The molecule has 4 rings (SSSR count). The number of hydrogen-bond acceptors (Lipinski definition) is 1. The van der Waals surface area contributed by atoms with Crippen molar-refractivity contribution in [3.8, 4) is 0 Å². The minimum atomic E-state index is 0.399. The highest BCUT2D eigenvalue weighted by atomic mass is 16.2. The lowest BCUT2D eigenvalue weighted by Gasteiger charge is -2.56. The van der Waals surface area contributed by atoms with Gasteiger partial charge in [0.2, 0.25) is 5.91 Å². The van der Waals surface area contributed by atoms with Gasteiger partial charge in [-0.1, -0.05) is 6.92 Å². The molecule has 0 aromatic heterocycles. The molecule has 2 nitrogen and oxygen atoms in total. The van der Waals surface area contributed by atoms with Crippen LogP contribution in [0, 0.1) is 17.3 Å². The van der Waals surface area contributed by atoms with Gasteiger partial charge in [-0.05, 0) is 30.6 Å². The summed E-state index contributed by atoms with van der Waals surface area (Å²) in [7, 11) is 0. The van der Waals surface area contributed by atoms with Gasteiger partial charge in [0.25, 0.3) is 0 Å². The lowest BCUT2D eigenvalue weighted by atomic mass is 9.60. The maximum Gasteiger partial charge on any atom is 0.225 e. The molecular weight excluding hydrogens is 150 g/mol. The molecule has 4 bridgehead atoms. The number of rotatable bonds is 0. The van der Waals surface area contributed by atoms with Gasteiger partial charge in [-0.3, -0.25) is 4.79 Å². The van der Waals surface area contributed by atoms with Crippen molar-refractivity contribution in [2.24, 2.45) is 17.3 Å². The van der Waals surface area contributed by atoms with Crippen molar-refractivity contribution in [2.45, 2.75) is 26.2 Å². The Bertz CT molecular complexity index is 230. The molecule has 4 aliphatic rings. The minimum Gasteiger partial charge on any atom is -0.342 e. The largest absolute Gasteiger partial charge is 0.342 e. The van der Waals surface area contributed by atoms with Crippen molar-refractivity contribution in [2.75, 3.05) is 13.1 Å². The van der Waals surface area contributed by atoms with Gasteiger partial charge < -0.3 is 4.90 Å². The molecule has 1 aliphatic carbocycles. The Morgan fingerprint density at radius 2 is 2.33 bits per heavy atom. The minimum absolute atomic E-state index is 0.399. The first-order valence-electron chi connectivity index (χ1n) is 4.95. The summed E-state index contributed by atoms with van der Waals surface area (Å²) in [5.41, 5.74) is 0.486. The standard InChI is InChI=1S/C10H15NO/c1-10-3-7-2-8(4-10)9(12)11(5-7)6-10/h7-8H,2-6H2,1H3. The maximum absolute atomic E-state index is 11.6. The van der Waals surface area contributed by atoms with E-state index in [0.717, 1.165) is 19.0 Å². The van der Waals surface area contributed by atoms with E-state index in [1.807, 2.05) is 0 Å². The Labute approximate surface area is 72.9 Å². The molecule has 12 heavy (non-hydrogen) atoms. The third kappa shape index (κ3) is 0.732. The molecule has 0 spiro atoms. The molecule has 66 valence electrons. The van der Waals surface area contributed by atoms with Crippen molar-refractivity contribution in [3.63, 3.8) is 0 Å². The predicted octanol–water partition coefficient (Wildman–Crippen LogP) is 1.26. The molecule has 2 heteroatoms. The second-order valence-electron chi connectivity index (χ2n) is 5.24. The molecule has 1 saturated carbocycles. The number of nitrogens with zero attached hydrogens (tertiary/aromatic N) is 1. The topological polar surface area (TPSA) is 20.3 Å². The van der Waals surface area contributed by atoms with E-state index in [-0.39, 0.29) is 0 Å². The zero-order valence-electron chi connectivity index (χ0n) is 7.55. The lowest BCUT2D eigenvalue weighted by Crippen LogP contribution is -2.60. The summed E-state index contributed by atoms with van der Waals surface area (Å²) in [5.74, 6) is 1.68. The Morgan fingerprint density at radius 1 is 1.50 bits per heavy atom. The SMILES string of the molecule is CC12CC3CC(C1)C(=O)N(C3)C2. The Balaban J connectivity index is 2.00. The highest BCUT2D eigenvalue weighted by Gasteiger charge is 2.51. The van der Waals surface area contributed by atoms with E-state index in [2.05, 4.69) is 11.8 Å². The van der Waals surface area contributed by atoms with E-state index in [4.69, 9.17) is 0 Å². The first-order chi connectivity index (χ1) is 5.66. The molecule has 0 radical (unpaired) electrons. The van der Waals surface area contributed by atoms with Crippen molar-refractivity contribution >= 4 is 5.91 Å². The number of amides is 1. The van der Waals surface area contributed by atoms with E-state index < -0.39 is 0 Å². The predicted molar refractivity (Wildman–Crippen MR) is 45.5 cm³/mol. The summed E-state index contributed by atoms with van der Waals surface area (Å²) in [6.45, 7) is 4.45. The maximum atomic E-state index is 11.6. The van der Waals surface area contributed by atoms with Crippen molar-refractivity contribution in [3.05, 3.63) is 0 Å². The van der Waals surface area contributed by atoms with Crippen LogP contribution in [0.15, 0.2) is 0 Å². The molecule has 3 atom stereocenters. The van der Waals surface area contributed by atoms with Crippen LogP contribution in [-0.4, -0.2) is 23.9 Å². The number of carbonyl (C=O) groups excluding carboxylic acids is 1. The fourth-order valence-electron chi connectivity index (χ4n) is 3.66. The van der Waals surface area contributed by atoms with E-state index in [1.54, 1.807) is 0 Å². The fraction of sp³-hybridized carbons (Fsp3) is 0.900. The van der Waals surface area contributed by atoms with Crippen LogP contribution in [0.4, 0.5) is 0 Å². The zero-order chi connectivity index (χ0) is 8.34.